The second-order valence-corrected chi connectivity index (χ2v) is 6.76. The van der Waals surface area contributed by atoms with Gasteiger partial charge in [-0.1, -0.05) is 15.9 Å². The molecule has 2 nitrogen and oxygen atoms in total. The Balaban J connectivity index is 2.32. The summed E-state index contributed by atoms with van der Waals surface area (Å²) >= 11 is 8.23. The van der Waals surface area contributed by atoms with Gasteiger partial charge in [-0.2, -0.15) is 0 Å². The molecule has 0 atom stereocenters. The number of carbonyl (C=O) groups excluding carboxylic acids is 1. The molecule has 0 aromatic heterocycles. The smallest absolute Gasteiger partial charge is 0.256 e. The second kappa shape index (κ2) is 6.48. The van der Waals surface area contributed by atoms with Gasteiger partial charge in [-0.3, -0.25) is 4.79 Å². The minimum atomic E-state index is -0.830. The zero-order valence-electron chi connectivity index (χ0n) is 9.68. The fraction of sp³-hybridized carbons (Fsp3) is 0. The van der Waals surface area contributed by atoms with E-state index in [4.69, 9.17) is 0 Å². The van der Waals surface area contributed by atoms with Crippen molar-refractivity contribution in [2.75, 3.05) is 5.32 Å². The van der Waals surface area contributed by atoms with Gasteiger partial charge in [-0.15, -0.1) is 0 Å². The Morgan fingerprint density at radius 3 is 2.50 bits per heavy atom. The first-order valence-corrected chi connectivity index (χ1v) is 7.96. The van der Waals surface area contributed by atoms with E-state index >= 15 is 0 Å². The summed E-state index contributed by atoms with van der Waals surface area (Å²) in [5.74, 6) is -2.02. The third kappa shape index (κ3) is 3.56. The van der Waals surface area contributed by atoms with Gasteiger partial charge in [0, 0.05) is 14.1 Å². The van der Waals surface area contributed by atoms with E-state index in [0.717, 1.165) is 8.04 Å². The third-order valence-electron chi connectivity index (χ3n) is 2.43. The minimum absolute atomic E-state index is 0.0816. The Kier molecular flexibility index (Phi) is 5.14. The average Bonchev–Trinajstić information content (AvgIpc) is 2.38. The second-order valence-electron chi connectivity index (χ2n) is 3.82. The van der Waals surface area contributed by atoms with Gasteiger partial charge in [-0.25, -0.2) is 8.78 Å². The Morgan fingerprint density at radius 1 is 1.10 bits per heavy atom. The van der Waals surface area contributed by atoms with Crippen molar-refractivity contribution in [3.63, 3.8) is 0 Å². The van der Waals surface area contributed by atoms with Gasteiger partial charge in [0.2, 0.25) is 0 Å². The van der Waals surface area contributed by atoms with E-state index in [0.29, 0.717) is 11.6 Å². The zero-order chi connectivity index (χ0) is 14.9. The van der Waals surface area contributed by atoms with Crippen molar-refractivity contribution in [3.8, 4) is 0 Å². The van der Waals surface area contributed by atoms with Crippen molar-refractivity contribution >= 4 is 66.0 Å². The molecule has 0 saturated carbocycles. The number of hydrogen-bond acceptors (Lipinski definition) is 1. The van der Waals surface area contributed by atoms with Crippen LogP contribution in [0.5, 0.6) is 0 Å². The predicted octanol–water partition coefficient (Wildman–Crippen LogP) is 5.35. The fourth-order valence-corrected chi connectivity index (χ4v) is 2.76. The van der Waals surface area contributed by atoms with E-state index in [1.54, 1.807) is 18.2 Å². The Bertz CT molecular complexity index is 694. The molecule has 104 valence electrons. The van der Waals surface area contributed by atoms with Gasteiger partial charge >= 0.3 is 0 Å². The molecule has 0 spiro atoms. The number of anilines is 1. The van der Waals surface area contributed by atoms with Crippen molar-refractivity contribution in [2.24, 2.45) is 0 Å². The molecule has 2 aromatic rings. The number of carbonyl (C=O) groups is 1. The summed E-state index contributed by atoms with van der Waals surface area (Å²) in [5, 5.41) is 2.43. The molecular formula is C13H6Br2F2INO. The highest BCUT2D eigenvalue weighted by atomic mass is 127. The molecule has 0 aliphatic carbocycles. The molecule has 0 aliphatic heterocycles. The van der Waals surface area contributed by atoms with Crippen LogP contribution in [0.15, 0.2) is 39.3 Å². The maximum absolute atomic E-state index is 13.6. The van der Waals surface area contributed by atoms with Gasteiger partial charge in [-0.05, 0) is 62.8 Å². The van der Waals surface area contributed by atoms with Crippen LogP contribution in [-0.2, 0) is 0 Å². The molecule has 0 unspecified atom stereocenters. The SMILES string of the molecule is O=C(Nc1cc(Br)c(F)cc1F)c1cc(Br)ccc1I. The summed E-state index contributed by atoms with van der Waals surface area (Å²) in [6.07, 6.45) is 0. The first-order valence-electron chi connectivity index (χ1n) is 5.29. The monoisotopic (exact) mass is 515 g/mol. The molecule has 2 rings (SSSR count). The number of amides is 1. The maximum atomic E-state index is 13.6. The lowest BCUT2D eigenvalue weighted by Crippen LogP contribution is -2.14. The van der Waals surface area contributed by atoms with E-state index in [2.05, 4.69) is 37.2 Å². The minimum Gasteiger partial charge on any atom is -0.319 e. The van der Waals surface area contributed by atoms with Gasteiger partial charge < -0.3 is 5.32 Å². The van der Waals surface area contributed by atoms with Crippen LogP contribution in [0, 0.1) is 15.2 Å². The van der Waals surface area contributed by atoms with Crippen LogP contribution >= 0.6 is 54.5 Å². The highest BCUT2D eigenvalue weighted by Gasteiger charge is 2.14. The molecule has 1 N–H and O–H groups in total. The van der Waals surface area contributed by atoms with E-state index in [1.807, 2.05) is 22.6 Å². The molecule has 0 saturated heterocycles. The Hall–Kier alpha value is -0.540. The number of halogens is 5. The van der Waals surface area contributed by atoms with Gasteiger partial charge in [0.1, 0.15) is 11.6 Å². The summed E-state index contributed by atoms with van der Waals surface area (Å²) in [6.45, 7) is 0. The summed E-state index contributed by atoms with van der Waals surface area (Å²) in [4.78, 5) is 12.1. The maximum Gasteiger partial charge on any atom is 0.256 e. The first kappa shape index (κ1) is 15.8. The van der Waals surface area contributed by atoms with Gasteiger partial charge in [0.25, 0.3) is 5.91 Å². The lowest BCUT2D eigenvalue weighted by Gasteiger charge is -2.09. The van der Waals surface area contributed by atoms with Gasteiger partial charge in [0.15, 0.2) is 0 Å². The van der Waals surface area contributed by atoms with Crippen LogP contribution in [0.25, 0.3) is 0 Å². The normalized spacial score (nSPS) is 10.4. The summed E-state index contributed by atoms with van der Waals surface area (Å²) in [7, 11) is 0. The van der Waals surface area contributed by atoms with E-state index in [1.165, 1.54) is 6.07 Å². The molecule has 0 fully saturated rings. The van der Waals surface area contributed by atoms with Crippen LogP contribution in [0.4, 0.5) is 14.5 Å². The molecule has 20 heavy (non-hydrogen) atoms. The molecule has 1 amide bonds. The summed E-state index contributed by atoms with van der Waals surface area (Å²) in [5.41, 5.74) is 0.318. The molecule has 7 heteroatoms. The quantitative estimate of drug-likeness (QED) is 0.423. The van der Waals surface area contributed by atoms with E-state index < -0.39 is 17.5 Å². The topological polar surface area (TPSA) is 29.1 Å². The molecule has 0 aliphatic rings. The molecule has 2 aromatic carbocycles. The van der Waals surface area contributed by atoms with Crippen LogP contribution in [0.2, 0.25) is 0 Å². The van der Waals surface area contributed by atoms with Crippen LogP contribution in [0.1, 0.15) is 10.4 Å². The first-order chi connectivity index (χ1) is 9.38. The van der Waals surface area contributed by atoms with Crippen molar-refractivity contribution in [1.29, 1.82) is 0 Å². The van der Waals surface area contributed by atoms with Crippen molar-refractivity contribution in [1.82, 2.24) is 0 Å². The number of benzene rings is 2. The van der Waals surface area contributed by atoms with Crippen molar-refractivity contribution in [3.05, 3.63) is 60.0 Å². The standard InChI is InChI=1S/C13H6Br2F2INO/c14-6-1-2-11(18)7(3-6)13(20)19-12-4-8(15)9(16)5-10(12)17/h1-5H,(H,19,20). The highest BCUT2D eigenvalue weighted by Crippen LogP contribution is 2.25. The molecule has 0 bridgehead atoms. The fourth-order valence-electron chi connectivity index (χ4n) is 1.48. The Morgan fingerprint density at radius 2 is 1.80 bits per heavy atom. The largest absolute Gasteiger partial charge is 0.319 e. The van der Waals surface area contributed by atoms with Gasteiger partial charge in [0.05, 0.1) is 15.7 Å². The molecule has 0 radical (unpaired) electrons. The van der Waals surface area contributed by atoms with Crippen LogP contribution in [0.3, 0.4) is 0 Å². The molecule has 0 heterocycles. The van der Waals surface area contributed by atoms with E-state index in [-0.39, 0.29) is 10.2 Å². The number of hydrogen-bond donors (Lipinski definition) is 1. The van der Waals surface area contributed by atoms with Crippen molar-refractivity contribution < 1.29 is 13.6 Å². The van der Waals surface area contributed by atoms with Crippen LogP contribution < -0.4 is 5.32 Å². The zero-order valence-corrected chi connectivity index (χ0v) is 15.0. The van der Waals surface area contributed by atoms with E-state index in [9.17, 15) is 13.6 Å². The highest BCUT2D eigenvalue weighted by molar-refractivity contribution is 14.1. The molecular weight excluding hydrogens is 511 g/mol. The predicted molar refractivity (Wildman–Crippen MR) is 88.9 cm³/mol. The number of rotatable bonds is 2. The van der Waals surface area contributed by atoms with Crippen molar-refractivity contribution in [2.45, 2.75) is 0 Å². The lowest BCUT2D eigenvalue weighted by molar-refractivity contribution is 0.102. The lowest BCUT2D eigenvalue weighted by atomic mass is 10.2. The van der Waals surface area contributed by atoms with Crippen LogP contribution in [-0.4, -0.2) is 5.91 Å². The third-order valence-corrected chi connectivity index (χ3v) is 4.47. The number of nitrogens with one attached hydrogen (secondary N) is 1. The summed E-state index contributed by atoms with van der Waals surface area (Å²) in [6, 6.07) is 7.09. The summed E-state index contributed by atoms with van der Waals surface area (Å²) < 4.78 is 28.3. The average molecular weight is 517 g/mol. The Labute approximate surface area is 144 Å².